The number of methoxy groups -OCH3 is 1. The van der Waals surface area contributed by atoms with Crippen LogP contribution in [-0.4, -0.2) is 79.6 Å². The van der Waals surface area contributed by atoms with Crippen LogP contribution >= 0.6 is 0 Å². The predicted molar refractivity (Wildman–Crippen MR) is 150 cm³/mol. The topological polar surface area (TPSA) is 86.9 Å². The van der Waals surface area contributed by atoms with Crippen molar-refractivity contribution in [3.63, 3.8) is 0 Å². The summed E-state index contributed by atoms with van der Waals surface area (Å²) in [5, 5.41) is 4.33. The highest BCUT2D eigenvalue weighted by molar-refractivity contribution is 6.02. The summed E-state index contributed by atoms with van der Waals surface area (Å²) in [4.78, 5) is 34.3. The van der Waals surface area contributed by atoms with E-state index in [1.165, 1.54) is 0 Å². The summed E-state index contributed by atoms with van der Waals surface area (Å²) < 4.78 is 10.9. The lowest BCUT2D eigenvalue weighted by atomic mass is 10.0. The Labute approximate surface area is 229 Å². The zero-order chi connectivity index (χ0) is 26.9. The third kappa shape index (κ3) is 5.15. The summed E-state index contributed by atoms with van der Waals surface area (Å²) in [6, 6.07) is 16.2. The summed E-state index contributed by atoms with van der Waals surface area (Å²) >= 11 is 0. The second kappa shape index (κ2) is 11.0. The highest BCUT2D eigenvalue weighted by atomic mass is 16.5. The molecule has 4 atom stereocenters. The Morgan fingerprint density at radius 3 is 2.54 bits per heavy atom. The number of hydrogen-bond donors (Lipinski definition) is 2. The van der Waals surface area contributed by atoms with Crippen molar-refractivity contribution in [2.24, 2.45) is 17.8 Å². The fraction of sp³-hybridized carbons (Fsp3) is 0.484. The van der Waals surface area contributed by atoms with E-state index in [2.05, 4.69) is 27.3 Å². The molecule has 0 radical (unpaired) electrons. The maximum Gasteiger partial charge on any atom is 0.270 e. The molecule has 2 aromatic carbocycles. The van der Waals surface area contributed by atoms with E-state index in [1.54, 1.807) is 7.11 Å². The molecule has 3 saturated heterocycles. The predicted octanol–water partition coefficient (Wildman–Crippen LogP) is 3.77. The molecule has 0 spiro atoms. The van der Waals surface area contributed by atoms with E-state index in [9.17, 15) is 9.59 Å². The van der Waals surface area contributed by atoms with Crippen LogP contribution < -0.4 is 10.1 Å². The number of para-hydroxylation sites is 1. The van der Waals surface area contributed by atoms with Gasteiger partial charge in [-0.25, -0.2) is 0 Å². The summed E-state index contributed by atoms with van der Waals surface area (Å²) in [5.74, 6) is 1.84. The lowest BCUT2D eigenvalue weighted by Crippen LogP contribution is -2.37. The van der Waals surface area contributed by atoms with Gasteiger partial charge in [-0.2, -0.15) is 0 Å². The second-order valence-electron chi connectivity index (χ2n) is 11.3. The number of nitrogens with zero attached hydrogens (tertiary/aromatic N) is 2. The quantitative estimate of drug-likeness (QED) is 0.463. The largest absolute Gasteiger partial charge is 0.495 e. The highest BCUT2D eigenvalue weighted by Gasteiger charge is 2.42. The number of nitrogens with one attached hydrogen (secondary N) is 2. The Hall–Kier alpha value is -3.36. The van der Waals surface area contributed by atoms with Crippen LogP contribution in [0.3, 0.4) is 0 Å². The van der Waals surface area contributed by atoms with Gasteiger partial charge in [0.15, 0.2) is 0 Å². The molecule has 0 aliphatic carbocycles. The van der Waals surface area contributed by atoms with Crippen molar-refractivity contribution in [3.05, 3.63) is 65.4 Å². The second-order valence-corrected chi connectivity index (χ2v) is 11.3. The van der Waals surface area contributed by atoms with E-state index in [0.717, 1.165) is 73.3 Å². The molecule has 206 valence electrons. The number of aryl methyl sites for hydroxylation is 1. The SMILES string of the molecule is COc1cccc2c(C)c(C(=O)N3CC4CN(CCC(NC(=O)C5CCOC5)c5ccccc5)C[C@H]4C3)[nH]c12. The van der Waals surface area contributed by atoms with Gasteiger partial charge in [-0.15, -0.1) is 0 Å². The molecule has 3 fully saturated rings. The molecule has 3 aliphatic heterocycles. The van der Waals surface area contributed by atoms with Gasteiger partial charge in [0.1, 0.15) is 11.4 Å². The summed E-state index contributed by atoms with van der Waals surface area (Å²) in [7, 11) is 1.65. The summed E-state index contributed by atoms with van der Waals surface area (Å²) in [5.41, 5.74) is 3.67. The normalized spacial score (nSPS) is 23.7. The number of fused-ring (bicyclic) bond motifs is 2. The molecule has 0 saturated carbocycles. The highest BCUT2D eigenvalue weighted by Crippen LogP contribution is 2.35. The molecule has 4 heterocycles. The summed E-state index contributed by atoms with van der Waals surface area (Å²) in [6.45, 7) is 7.65. The molecule has 8 heteroatoms. The Balaban J connectivity index is 1.07. The molecule has 3 aliphatic rings. The van der Waals surface area contributed by atoms with E-state index in [0.29, 0.717) is 30.7 Å². The maximum absolute atomic E-state index is 13.5. The number of aromatic nitrogens is 1. The van der Waals surface area contributed by atoms with Crippen molar-refractivity contribution in [2.75, 3.05) is 53.0 Å². The van der Waals surface area contributed by atoms with Crippen LogP contribution in [0, 0.1) is 24.7 Å². The van der Waals surface area contributed by atoms with Gasteiger partial charge >= 0.3 is 0 Å². The molecular weight excluding hydrogens is 492 g/mol. The minimum absolute atomic E-state index is 0.0141. The lowest BCUT2D eigenvalue weighted by molar-refractivity contribution is -0.125. The molecular formula is C31H38N4O4. The van der Waals surface area contributed by atoms with Crippen LogP contribution in [0.2, 0.25) is 0 Å². The van der Waals surface area contributed by atoms with Crippen LogP contribution in [-0.2, 0) is 9.53 Å². The first-order valence-corrected chi connectivity index (χ1v) is 14.1. The Morgan fingerprint density at radius 2 is 1.85 bits per heavy atom. The molecule has 2 N–H and O–H groups in total. The van der Waals surface area contributed by atoms with Gasteiger partial charge in [-0.05, 0) is 48.8 Å². The molecule has 2 amide bonds. The first kappa shape index (κ1) is 25.9. The Kier molecular flexibility index (Phi) is 7.32. The van der Waals surface area contributed by atoms with Gasteiger partial charge in [0.25, 0.3) is 5.91 Å². The standard InChI is InChI=1S/C31H38N4O4/c1-20-25-9-6-10-27(38-2)29(25)33-28(20)31(37)35-17-23-15-34(16-24(23)18-35)13-11-26(21-7-4-3-5-8-21)32-30(36)22-12-14-39-19-22/h3-10,22-24,26,33H,11-19H2,1-2H3,(H,32,36)/t22?,23-,24?,26?/m0/s1. The number of carbonyl (C=O) groups excluding carboxylic acids is 2. The zero-order valence-electron chi connectivity index (χ0n) is 22.8. The van der Waals surface area contributed by atoms with Crippen LogP contribution in [0.5, 0.6) is 5.75 Å². The number of likely N-dealkylation sites (tertiary alicyclic amines) is 2. The third-order valence-corrected chi connectivity index (χ3v) is 8.89. The van der Waals surface area contributed by atoms with Gasteiger partial charge < -0.3 is 29.6 Å². The average Bonchev–Trinajstić information content (AvgIpc) is 3.75. The first-order valence-electron chi connectivity index (χ1n) is 14.1. The number of H-pyrrole nitrogens is 1. The van der Waals surface area contributed by atoms with E-state index in [1.807, 2.05) is 48.2 Å². The van der Waals surface area contributed by atoms with Crippen molar-refractivity contribution in [3.8, 4) is 5.75 Å². The van der Waals surface area contributed by atoms with E-state index in [4.69, 9.17) is 9.47 Å². The molecule has 3 aromatic rings. The third-order valence-electron chi connectivity index (χ3n) is 8.89. The number of amides is 2. The Morgan fingerprint density at radius 1 is 1.08 bits per heavy atom. The van der Waals surface area contributed by atoms with Gasteiger partial charge in [0, 0.05) is 44.7 Å². The van der Waals surface area contributed by atoms with Crippen LogP contribution in [0.25, 0.3) is 10.9 Å². The summed E-state index contributed by atoms with van der Waals surface area (Å²) in [6.07, 6.45) is 1.66. The van der Waals surface area contributed by atoms with Gasteiger partial charge in [-0.1, -0.05) is 42.5 Å². The van der Waals surface area contributed by atoms with Crippen LogP contribution in [0.1, 0.15) is 40.5 Å². The van der Waals surface area contributed by atoms with E-state index < -0.39 is 0 Å². The van der Waals surface area contributed by atoms with Crippen LogP contribution in [0.4, 0.5) is 0 Å². The monoisotopic (exact) mass is 530 g/mol. The smallest absolute Gasteiger partial charge is 0.270 e. The minimum Gasteiger partial charge on any atom is -0.495 e. The fourth-order valence-corrected chi connectivity index (χ4v) is 6.66. The molecule has 0 bridgehead atoms. The van der Waals surface area contributed by atoms with E-state index >= 15 is 0 Å². The molecule has 6 rings (SSSR count). The number of hydrogen-bond acceptors (Lipinski definition) is 5. The number of aromatic amines is 1. The number of carbonyl (C=O) groups is 2. The Bertz CT molecular complexity index is 1320. The van der Waals surface area contributed by atoms with Gasteiger partial charge in [0.2, 0.25) is 5.91 Å². The van der Waals surface area contributed by atoms with Crippen molar-refractivity contribution in [2.45, 2.75) is 25.8 Å². The van der Waals surface area contributed by atoms with Crippen molar-refractivity contribution >= 4 is 22.7 Å². The van der Waals surface area contributed by atoms with Crippen LogP contribution in [0.15, 0.2) is 48.5 Å². The van der Waals surface area contributed by atoms with Crippen molar-refractivity contribution in [1.29, 1.82) is 0 Å². The van der Waals surface area contributed by atoms with E-state index in [-0.39, 0.29) is 23.8 Å². The maximum atomic E-state index is 13.5. The van der Waals surface area contributed by atoms with Gasteiger partial charge in [0.05, 0.1) is 31.2 Å². The zero-order valence-corrected chi connectivity index (χ0v) is 22.8. The van der Waals surface area contributed by atoms with Crippen molar-refractivity contribution in [1.82, 2.24) is 20.1 Å². The first-order chi connectivity index (χ1) is 19.0. The molecule has 3 unspecified atom stereocenters. The average molecular weight is 531 g/mol. The molecule has 1 aromatic heterocycles. The molecule has 39 heavy (non-hydrogen) atoms. The number of benzene rings is 2. The lowest BCUT2D eigenvalue weighted by Gasteiger charge is -2.25. The number of rotatable bonds is 8. The fourth-order valence-electron chi connectivity index (χ4n) is 6.66. The van der Waals surface area contributed by atoms with Gasteiger partial charge in [-0.3, -0.25) is 9.59 Å². The molecule has 8 nitrogen and oxygen atoms in total. The van der Waals surface area contributed by atoms with Crippen molar-refractivity contribution < 1.29 is 19.1 Å². The number of ether oxygens (including phenoxy) is 2. The minimum atomic E-state index is -0.0483.